The fraction of sp³-hybridized carbons (Fsp3) is 0.242. The van der Waals surface area contributed by atoms with Crippen molar-refractivity contribution in [1.82, 2.24) is 4.98 Å². The van der Waals surface area contributed by atoms with E-state index in [9.17, 15) is 0 Å². The molecule has 4 heteroatoms. The Morgan fingerprint density at radius 3 is 1.81 bits per heavy atom. The summed E-state index contributed by atoms with van der Waals surface area (Å²) in [6.45, 7) is 17.3. The maximum Gasteiger partial charge on any atom is 4.00 e. The van der Waals surface area contributed by atoms with E-state index in [1.807, 2.05) is 48.5 Å². The van der Waals surface area contributed by atoms with E-state index >= 15 is 0 Å². The van der Waals surface area contributed by atoms with Gasteiger partial charge in [-0.2, -0.15) is 24.6 Å². The summed E-state index contributed by atoms with van der Waals surface area (Å²) in [6.07, 6.45) is 0. The van der Waals surface area contributed by atoms with Gasteiger partial charge in [0.05, 0.1) is 0 Å². The molecule has 37 heavy (non-hydrogen) atoms. The molecule has 0 aliphatic carbocycles. The Hall–Kier alpha value is -2.43. The van der Waals surface area contributed by atoms with Crippen molar-refractivity contribution in [3.63, 3.8) is 0 Å². The molecule has 0 atom stereocenters. The van der Waals surface area contributed by atoms with Gasteiger partial charge in [0.1, 0.15) is 0 Å². The first-order valence-corrected chi connectivity index (χ1v) is 15.3. The minimum atomic E-state index is -2.14. The summed E-state index contributed by atoms with van der Waals surface area (Å²) in [7, 11) is -2.14. The molecular formula is C33H40HfN2Si. The topological polar surface area (TPSA) is 27.0 Å². The summed E-state index contributed by atoms with van der Waals surface area (Å²) in [4.78, 5) is 10.4. The molecule has 0 fully saturated rings. The van der Waals surface area contributed by atoms with Gasteiger partial charge in [-0.05, 0) is 28.9 Å². The summed E-state index contributed by atoms with van der Waals surface area (Å²) >= 11 is 0. The summed E-state index contributed by atoms with van der Waals surface area (Å²) in [6, 6.07) is 34.1. The van der Waals surface area contributed by atoms with Crippen molar-refractivity contribution < 1.29 is 25.8 Å². The van der Waals surface area contributed by atoms with E-state index < -0.39 is 8.24 Å². The Morgan fingerprint density at radius 1 is 0.757 bits per heavy atom. The number of benzene rings is 3. The molecule has 3 aromatic carbocycles. The molecule has 2 nitrogen and oxygen atoms in total. The zero-order valence-corrected chi connectivity index (χ0v) is 28.0. The third-order valence-corrected chi connectivity index (χ3v) is 8.25. The van der Waals surface area contributed by atoms with Gasteiger partial charge >= 0.3 is 25.8 Å². The van der Waals surface area contributed by atoms with E-state index in [2.05, 4.69) is 96.2 Å². The molecule has 4 aromatic rings. The average molecular weight is 671 g/mol. The second kappa shape index (κ2) is 15.1. The van der Waals surface area contributed by atoms with Gasteiger partial charge in [0.25, 0.3) is 0 Å². The van der Waals surface area contributed by atoms with Crippen molar-refractivity contribution in [1.29, 1.82) is 0 Å². The molecule has 190 valence electrons. The number of hydrogen-bond donors (Lipinski definition) is 0. The second-order valence-electron chi connectivity index (χ2n) is 9.94. The van der Waals surface area contributed by atoms with Crippen molar-refractivity contribution >= 4 is 19.2 Å². The molecular weight excluding hydrogens is 631 g/mol. The number of hydrogen-bond acceptors (Lipinski definition) is 1. The Kier molecular flexibility index (Phi) is 13.3. The first-order chi connectivity index (χ1) is 16.7. The predicted octanol–water partition coefficient (Wildman–Crippen LogP) is 9.23. The predicted molar refractivity (Wildman–Crippen MR) is 161 cm³/mol. The minimum Gasteiger partial charge on any atom is -0.682 e. The van der Waals surface area contributed by atoms with Crippen LogP contribution in [0.25, 0.3) is 16.2 Å². The van der Waals surface area contributed by atoms with Crippen LogP contribution in [-0.4, -0.2) is 13.2 Å². The summed E-state index contributed by atoms with van der Waals surface area (Å²) in [5.74, 6) is 0.890. The standard InChI is InChI=1S/C25H30N2Si.C7H7.CH3.Hf/c1-18(2)21-14-10-15-22(19(3)4)25(21)27-28(5,6)24-17-11-16-23(26-24)20-12-8-7-9-13-20;1-7-5-3-2-4-6-7;;/h7-12,14-19H,1-6H3;2-6H,1H2;1H3;/q-2;2*-1;+4. The normalized spacial score (nSPS) is 10.6. The third-order valence-electron chi connectivity index (χ3n) is 5.94. The molecule has 0 radical (unpaired) electrons. The zero-order valence-electron chi connectivity index (χ0n) is 23.4. The van der Waals surface area contributed by atoms with Gasteiger partial charge < -0.3 is 17.4 Å². The van der Waals surface area contributed by atoms with Crippen LogP contribution in [0.1, 0.15) is 56.2 Å². The molecule has 1 heterocycles. The van der Waals surface area contributed by atoms with Crippen LogP contribution in [0.3, 0.4) is 0 Å². The average Bonchev–Trinajstić information content (AvgIpc) is 2.85. The van der Waals surface area contributed by atoms with Crippen LogP contribution in [0.5, 0.6) is 0 Å². The van der Waals surface area contributed by atoms with Crippen molar-refractivity contribution in [3.8, 4) is 11.3 Å². The van der Waals surface area contributed by atoms with E-state index in [0.717, 1.165) is 22.1 Å². The van der Waals surface area contributed by atoms with Gasteiger partial charge in [0.2, 0.25) is 0 Å². The van der Waals surface area contributed by atoms with Crippen LogP contribution in [0.2, 0.25) is 13.1 Å². The molecule has 1 aromatic heterocycles. The van der Waals surface area contributed by atoms with Crippen LogP contribution < -0.4 is 5.32 Å². The molecule has 0 unspecified atom stereocenters. The van der Waals surface area contributed by atoms with E-state index in [1.54, 1.807) is 0 Å². The van der Waals surface area contributed by atoms with E-state index in [-0.39, 0.29) is 33.3 Å². The molecule has 0 aliphatic heterocycles. The molecule has 0 bridgehead atoms. The smallest absolute Gasteiger partial charge is 0.682 e. The number of rotatable bonds is 6. The SMILES string of the molecule is CC(C)c1cccc(C(C)C)c1[N-][Si](C)(C)c1cccc(-c2[c-]cccc2)n1.[CH2-]c1ccccc1.[CH3-].[Hf+4]. The third kappa shape index (κ3) is 9.12. The maximum absolute atomic E-state index is 5.40. The van der Waals surface area contributed by atoms with Crippen LogP contribution in [0.15, 0.2) is 91.0 Å². The summed E-state index contributed by atoms with van der Waals surface area (Å²) < 4.78 is 0. The first-order valence-electron chi connectivity index (χ1n) is 12.4. The van der Waals surface area contributed by atoms with Crippen molar-refractivity contribution in [2.75, 3.05) is 0 Å². The zero-order chi connectivity index (χ0) is 25.4. The molecule has 0 saturated heterocycles. The Morgan fingerprint density at radius 2 is 1.32 bits per heavy atom. The van der Waals surface area contributed by atoms with Crippen molar-refractivity contribution in [3.05, 3.63) is 133 Å². The van der Waals surface area contributed by atoms with Crippen molar-refractivity contribution in [2.24, 2.45) is 0 Å². The molecule has 0 aliphatic rings. The van der Waals surface area contributed by atoms with Crippen LogP contribution in [0.4, 0.5) is 5.69 Å². The van der Waals surface area contributed by atoms with Gasteiger partial charge in [0.15, 0.2) is 0 Å². The minimum absolute atomic E-state index is 0. The molecule has 0 amide bonds. The van der Waals surface area contributed by atoms with E-state index in [4.69, 9.17) is 9.97 Å². The van der Waals surface area contributed by atoms with Crippen LogP contribution >= 0.6 is 0 Å². The molecule has 4 rings (SSSR count). The number of pyridine rings is 1. The van der Waals surface area contributed by atoms with E-state index in [0.29, 0.717) is 11.8 Å². The molecule has 0 N–H and O–H groups in total. The Bertz CT molecular complexity index is 1180. The van der Waals surface area contributed by atoms with Gasteiger partial charge in [-0.3, -0.25) is 0 Å². The first kappa shape index (κ1) is 32.6. The fourth-order valence-corrected chi connectivity index (χ4v) is 5.76. The van der Waals surface area contributed by atoms with E-state index in [1.165, 1.54) is 16.8 Å². The quantitative estimate of drug-likeness (QED) is 0.148. The number of nitrogens with zero attached hydrogens (tertiary/aromatic N) is 2. The fourth-order valence-electron chi connectivity index (χ4n) is 3.93. The Labute approximate surface area is 245 Å². The van der Waals surface area contributed by atoms with Gasteiger partial charge in [-0.25, -0.2) is 0 Å². The molecule has 0 spiro atoms. The van der Waals surface area contributed by atoms with Gasteiger partial charge in [0, 0.05) is 8.24 Å². The Balaban J connectivity index is 0.000000660. The largest absolute Gasteiger partial charge is 4.00 e. The van der Waals surface area contributed by atoms with Crippen molar-refractivity contribution in [2.45, 2.75) is 52.6 Å². The summed E-state index contributed by atoms with van der Waals surface area (Å²) in [5, 5.41) is 1.11. The molecule has 0 saturated carbocycles. The summed E-state index contributed by atoms with van der Waals surface area (Å²) in [5.41, 5.74) is 6.92. The van der Waals surface area contributed by atoms with Gasteiger partial charge in [-0.15, -0.1) is 53.7 Å². The van der Waals surface area contributed by atoms with Crippen LogP contribution in [0, 0.1) is 20.4 Å². The number of aromatic nitrogens is 1. The monoisotopic (exact) mass is 672 g/mol. The van der Waals surface area contributed by atoms with Gasteiger partial charge in [-0.1, -0.05) is 88.3 Å². The van der Waals surface area contributed by atoms with Crippen LogP contribution in [-0.2, 0) is 25.8 Å². The maximum atomic E-state index is 5.40. The second-order valence-corrected chi connectivity index (χ2v) is 13.8.